The molecule has 0 radical (unpaired) electrons. The number of hydrogen-bond donors (Lipinski definition) is 0. The SMILES string of the molecule is CC1=C(C)C(C)C([Si](c2cc(-c3ccccc3)c(C)c(-c3ccccc3)c2C)(c2cc(-c3ccccc3)c(C)c(-c3ccccc3)c2C)c2cc(-c3ccccc3)c(C)c(-c3ccccc3)c2C)=C1C. The first-order valence-corrected chi connectivity index (χ1v) is 27.1. The van der Waals surface area contributed by atoms with Crippen molar-refractivity contribution in [2.45, 2.75) is 69.2 Å². The third-order valence-corrected chi connectivity index (χ3v) is 21.8. The zero-order chi connectivity index (χ0) is 48.8. The summed E-state index contributed by atoms with van der Waals surface area (Å²) < 4.78 is 0. The molecule has 0 saturated carbocycles. The Morgan fingerprint density at radius 1 is 0.286 bits per heavy atom. The van der Waals surface area contributed by atoms with Gasteiger partial charge in [-0.25, -0.2) is 0 Å². The number of hydrogen-bond acceptors (Lipinski definition) is 0. The molecule has 344 valence electrons. The molecule has 1 unspecified atom stereocenters. The van der Waals surface area contributed by atoms with E-state index in [0.29, 0.717) is 0 Å². The van der Waals surface area contributed by atoms with E-state index in [4.69, 9.17) is 0 Å². The third kappa shape index (κ3) is 7.59. The van der Waals surface area contributed by atoms with Gasteiger partial charge in [0.25, 0.3) is 0 Å². The van der Waals surface area contributed by atoms with Crippen LogP contribution in [-0.4, -0.2) is 8.07 Å². The second-order valence-corrected chi connectivity index (χ2v) is 23.5. The van der Waals surface area contributed by atoms with E-state index in [1.54, 1.807) is 5.20 Å². The zero-order valence-corrected chi connectivity index (χ0v) is 43.6. The van der Waals surface area contributed by atoms with Gasteiger partial charge in [0, 0.05) is 0 Å². The number of benzene rings is 9. The Hall–Kier alpha value is -7.32. The third-order valence-electron chi connectivity index (χ3n) is 16.2. The largest absolute Gasteiger partial charge is 0.177 e. The summed E-state index contributed by atoms with van der Waals surface area (Å²) in [4.78, 5) is 0. The van der Waals surface area contributed by atoms with Gasteiger partial charge in [-0.3, -0.25) is 0 Å². The second-order valence-electron chi connectivity index (χ2n) is 19.8. The van der Waals surface area contributed by atoms with Crippen LogP contribution >= 0.6 is 0 Å². The first-order chi connectivity index (χ1) is 33.9. The van der Waals surface area contributed by atoms with Gasteiger partial charge in [-0.2, -0.15) is 0 Å². The topological polar surface area (TPSA) is 0 Å². The molecule has 70 heavy (non-hydrogen) atoms. The average molecular weight is 921 g/mol. The Bertz CT molecular complexity index is 3140. The van der Waals surface area contributed by atoms with Crippen LogP contribution in [0.2, 0.25) is 0 Å². The van der Waals surface area contributed by atoms with E-state index in [1.165, 1.54) is 132 Å². The van der Waals surface area contributed by atoms with E-state index in [9.17, 15) is 0 Å². The van der Waals surface area contributed by atoms with Crippen LogP contribution in [0.3, 0.4) is 0 Å². The minimum atomic E-state index is -3.55. The molecule has 0 aliphatic heterocycles. The van der Waals surface area contributed by atoms with E-state index in [-0.39, 0.29) is 5.92 Å². The fraction of sp³-hybridized carbons (Fsp3) is 0.159. The maximum absolute atomic E-state index is 3.55. The van der Waals surface area contributed by atoms with Gasteiger partial charge >= 0.3 is 0 Å². The summed E-state index contributed by atoms with van der Waals surface area (Å²) in [7, 11) is -3.55. The van der Waals surface area contributed by atoms with E-state index in [1.807, 2.05) is 0 Å². The molecule has 0 spiro atoms. The van der Waals surface area contributed by atoms with Gasteiger partial charge in [-0.1, -0.05) is 223 Å². The lowest BCUT2D eigenvalue weighted by molar-refractivity contribution is 0.851. The lowest BCUT2D eigenvalue weighted by Gasteiger charge is -2.44. The molecule has 1 heteroatoms. The highest BCUT2D eigenvalue weighted by atomic mass is 28.3. The van der Waals surface area contributed by atoms with E-state index >= 15 is 0 Å². The molecule has 0 nitrogen and oxygen atoms in total. The average Bonchev–Trinajstić information content (AvgIpc) is 3.58. The van der Waals surface area contributed by atoms with Crippen LogP contribution < -0.4 is 15.6 Å². The van der Waals surface area contributed by atoms with Crippen molar-refractivity contribution in [3.63, 3.8) is 0 Å². The molecule has 0 bridgehead atoms. The van der Waals surface area contributed by atoms with Crippen LogP contribution in [-0.2, 0) is 0 Å². The maximum atomic E-state index is 2.68. The summed E-state index contributed by atoms with van der Waals surface area (Å²) in [5, 5.41) is 5.95. The lowest BCUT2D eigenvalue weighted by atomic mass is 9.89. The molecule has 1 aliphatic rings. The summed E-state index contributed by atoms with van der Waals surface area (Å²) >= 11 is 0. The van der Waals surface area contributed by atoms with Gasteiger partial charge in [0.2, 0.25) is 0 Å². The molecule has 0 fully saturated rings. The van der Waals surface area contributed by atoms with Crippen LogP contribution in [0.5, 0.6) is 0 Å². The summed E-state index contributed by atoms with van der Waals surface area (Å²) in [6.45, 7) is 24.2. The highest BCUT2D eigenvalue weighted by Crippen LogP contribution is 2.47. The molecule has 0 saturated heterocycles. The zero-order valence-electron chi connectivity index (χ0n) is 42.6. The fourth-order valence-electron chi connectivity index (χ4n) is 12.6. The second kappa shape index (κ2) is 18.9. The van der Waals surface area contributed by atoms with Crippen molar-refractivity contribution in [1.29, 1.82) is 0 Å². The van der Waals surface area contributed by atoms with Crippen LogP contribution in [0.25, 0.3) is 66.8 Å². The normalized spacial score (nSPS) is 13.9. The van der Waals surface area contributed by atoms with Gasteiger partial charge in [-0.15, -0.1) is 0 Å². The number of allylic oxidation sites excluding steroid dienone is 4. The smallest absolute Gasteiger partial charge is 0.0636 e. The Morgan fingerprint density at radius 3 is 0.757 bits per heavy atom. The van der Waals surface area contributed by atoms with Crippen molar-refractivity contribution in [3.05, 3.63) is 255 Å². The minimum absolute atomic E-state index is 0.190. The highest BCUT2D eigenvalue weighted by Gasteiger charge is 2.52. The predicted molar refractivity (Wildman–Crippen MR) is 305 cm³/mol. The van der Waals surface area contributed by atoms with Crippen molar-refractivity contribution in [2.75, 3.05) is 0 Å². The Kier molecular flexibility index (Phi) is 12.5. The molecule has 9 aromatic carbocycles. The molecular weight excluding hydrogens is 857 g/mol. The van der Waals surface area contributed by atoms with E-state index < -0.39 is 8.07 Å². The monoisotopic (exact) mass is 920 g/mol. The first-order valence-electron chi connectivity index (χ1n) is 25.1. The molecule has 10 rings (SSSR count). The summed E-state index contributed by atoms with van der Waals surface area (Å²) in [6, 6.07) is 75.3. The van der Waals surface area contributed by atoms with E-state index in [2.05, 4.69) is 269 Å². The van der Waals surface area contributed by atoms with Crippen molar-refractivity contribution < 1.29 is 0 Å². The predicted octanol–water partition coefficient (Wildman–Crippen LogP) is 16.9. The minimum Gasteiger partial charge on any atom is -0.0636 e. The fourth-order valence-corrected chi connectivity index (χ4v) is 19.1. The number of rotatable bonds is 10. The van der Waals surface area contributed by atoms with Gasteiger partial charge in [-0.05, 0) is 190 Å². The van der Waals surface area contributed by atoms with Gasteiger partial charge < -0.3 is 0 Å². The summed E-state index contributed by atoms with van der Waals surface area (Å²) in [5.41, 5.74) is 27.6. The van der Waals surface area contributed by atoms with Crippen molar-refractivity contribution in [1.82, 2.24) is 0 Å². The van der Waals surface area contributed by atoms with Crippen molar-refractivity contribution in [3.8, 4) is 66.8 Å². The molecule has 9 aromatic rings. The standard InChI is InChI=1S/C69H64Si/c1-44-45(2)47(4)69(46(44)3)70(63-41-60(54-29-17-11-18-30-54)48(5)66(51(63)8)57-35-23-14-24-36-57,64-42-61(55-31-19-12-20-32-55)49(6)67(52(64)9)58-37-25-15-26-38-58)65-43-62(56-33-21-13-22-34-56)50(7)68(53(65)10)59-39-27-16-28-40-59/h11-43,46H,1-10H3. The van der Waals surface area contributed by atoms with Crippen LogP contribution in [0, 0.1) is 47.5 Å². The quantitative estimate of drug-likeness (QED) is 0.0947. The van der Waals surface area contributed by atoms with E-state index in [0.717, 1.165) is 0 Å². The first kappa shape index (κ1) is 46.4. The Balaban J connectivity index is 1.54. The molecular formula is C69H64Si. The molecule has 0 heterocycles. The lowest BCUT2D eigenvalue weighted by Crippen LogP contribution is -2.71. The van der Waals surface area contributed by atoms with Crippen LogP contribution in [0.15, 0.2) is 222 Å². The maximum Gasteiger partial charge on any atom is 0.177 e. The van der Waals surface area contributed by atoms with Gasteiger partial charge in [0.05, 0.1) is 0 Å². The molecule has 1 aliphatic carbocycles. The molecule has 0 aromatic heterocycles. The van der Waals surface area contributed by atoms with Gasteiger partial charge in [0.15, 0.2) is 8.07 Å². The van der Waals surface area contributed by atoms with Gasteiger partial charge in [0.1, 0.15) is 0 Å². The summed E-state index contributed by atoms with van der Waals surface area (Å²) in [6.07, 6.45) is 0. The summed E-state index contributed by atoms with van der Waals surface area (Å²) in [5.74, 6) is 0.190. The van der Waals surface area contributed by atoms with Crippen LogP contribution in [0.4, 0.5) is 0 Å². The molecule has 1 atom stereocenters. The van der Waals surface area contributed by atoms with Crippen LogP contribution in [0.1, 0.15) is 61.1 Å². The highest BCUT2D eigenvalue weighted by molar-refractivity contribution is 7.17. The van der Waals surface area contributed by atoms with Crippen molar-refractivity contribution in [2.24, 2.45) is 5.92 Å². The Morgan fingerprint density at radius 2 is 0.529 bits per heavy atom. The van der Waals surface area contributed by atoms with Crippen molar-refractivity contribution >= 4 is 23.6 Å². The molecule has 0 N–H and O–H groups in total. The molecule has 0 amide bonds. The Labute approximate surface area is 418 Å².